The van der Waals surface area contributed by atoms with Crippen LogP contribution in [0.25, 0.3) is 11.5 Å². The first-order chi connectivity index (χ1) is 7.95. The van der Waals surface area contributed by atoms with Crippen LogP contribution in [0.1, 0.15) is 0 Å². The van der Waals surface area contributed by atoms with Gasteiger partial charge in [-0.1, -0.05) is 23.4 Å². The van der Waals surface area contributed by atoms with Crippen molar-refractivity contribution in [1.82, 2.24) is 19.6 Å². The van der Waals surface area contributed by atoms with E-state index in [0.717, 1.165) is 11.5 Å². The average molecular weight is 210 g/mol. The molecule has 0 amide bonds. The third-order valence-corrected chi connectivity index (χ3v) is 2.42. The Hall–Kier alpha value is -2.36. The quantitative estimate of drug-likeness (QED) is 0.649. The zero-order chi connectivity index (χ0) is 10.8. The fraction of sp³-hybridized carbons (Fsp3) is 0. The smallest absolute Gasteiger partial charge is 0.140 e. The van der Waals surface area contributed by atoms with Crippen molar-refractivity contribution in [2.75, 3.05) is 0 Å². The number of benzene rings is 1. The summed E-state index contributed by atoms with van der Waals surface area (Å²) in [6.07, 6.45) is 5.50. The van der Waals surface area contributed by atoms with Gasteiger partial charge in [0.05, 0.1) is 12.4 Å². The molecule has 2 heterocycles. The van der Waals surface area contributed by atoms with Crippen molar-refractivity contribution >= 4 is 0 Å². The number of hydrogen-bond acceptors (Lipinski definition) is 2. The number of aromatic nitrogens is 4. The summed E-state index contributed by atoms with van der Waals surface area (Å²) in [5.74, 6) is 0.976. The van der Waals surface area contributed by atoms with Gasteiger partial charge >= 0.3 is 0 Å². The van der Waals surface area contributed by atoms with Gasteiger partial charge in [-0.3, -0.25) is 0 Å². The highest BCUT2D eigenvalue weighted by Gasteiger charge is 2.04. The zero-order valence-electron chi connectivity index (χ0n) is 8.56. The van der Waals surface area contributed by atoms with Gasteiger partial charge in [-0.05, 0) is 24.3 Å². The monoisotopic (exact) mass is 210 g/mol. The van der Waals surface area contributed by atoms with Gasteiger partial charge in [0, 0.05) is 11.9 Å². The second-order valence-electron chi connectivity index (χ2n) is 3.42. The standard InChI is InChI=1S/C12H10N4/c1-2-5-11(6-3-1)15-9-4-7-12(15)16-10-8-13-14-16/h1-10H. The summed E-state index contributed by atoms with van der Waals surface area (Å²) in [7, 11) is 0. The Morgan fingerprint density at radius 1 is 0.875 bits per heavy atom. The van der Waals surface area contributed by atoms with Crippen LogP contribution in [-0.2, 0) is 0 Å². The molecule has 0 N–H and O–H groups in total. The van der Waals surface area contributed by atoms with Crippen LogP contribution in [0, 0.1) is 0 Å². The summed E-state index contributed by atoms with van der Waals surface area (Å²) in [5, 5.41) is 7.80. The van der Waals surface area contributed by atoms with Crippen molar-refractivity contribution in [2.24, 2.45) is 0 Å². The first kappa shape index (κ1) is 8.91. The number of hydrogen-bond donors (Lipinski definition) is 0. The van der Waals surface area contributed by atoms with E-state index in [-0.39, 0.29) is 0 Å². The molecule has 1 aromatic carbocycles. The van der Waals surface area contributed by atoms with Gasteiger partial charge in [0.1, 0.15) is 5.82 Å². The molecule has 4 nitrogen and oxygen atoms in total. The third-order valence-electron chi connectivity index (χ3n) is 2.42. The minimum absolute atomic E-state index is 0.976. The minimum atomic E-state index is 0.976. The molecule has 0 unspecified atom stereocenters. The van der Waals surface area contributed by atoms with E-state index >= 15 is 0 Å². The Balaban J connectivity index is 2.14. The van der Waals surface area contributed by atoms with Crippen LogP contribution in [0.15, 0.2) is 61.1 Å². The largest absolute Gasteiger partial charge is 0.302 e. The van der Waals surface area contributed by atoms with E-state index in [1.54, 1.807) is 10.9 Å². The first-order valence-electron chi connectivity index (χ1n) is 5.04. The van der Waals surface area contributed by atoms with Gasteiger partial charge in [0.25, 0.3) is 0 Å². The van der Waals surface area contributed by atoms with Gasteiger partial charge in [-0.25, -0.2) is 4.68 Å². The zero-order valence-corrected chi connectivity index (χ0v) is 8.56. The highest BCUT2D eigenvalue weighted by atomic mass is 15.4. The molecule has 0 radical (unpaired) electrons. The normalized spacial score (nSPS) is 10.5. The molecule has 0 bridgehead atoms. The lowest BCUT2D eigenvalue weighted by Crippen LogP contribution is -2.03. The first-order valence-corrected chi connectivity index (χ1v) is 5.04. The molecule has 3 aromatic rings. The molecule has 0 aliphatic carbocycles. The fourth-order valence-corrected chi connectivity index (χ4v) is 1.70. The van der Waals surface area contributed by atoms with Crippen molar-refractivity contribution in [3.05, 3.63) is 61.1 Å². The van der Waals surface area contributed by atoms with Crippen LogP contribution in [0.3, 0.4) is 0 Å². The molecule has 0 aliphatic rings. The molecule has 4 heteroatoms. The van der Waals surface area contributed by atoms with Crippen LogP contribution in [-0.4, -0.2) is 19.6 Å². The van der Waals surface area contributed by atoms with Gasteiger partial charge < -0.3 is 4.57 Å². The van der Waals surface area contributed by atoms with Crippen molar-refractivity contribution in [1.29, 1.82) is 0 Å². The molecule has 0 saturated carbocycles. The lowest BCUT2D eigenvalue weighted by Gasteiger charge is -2.07. The van der Waals surface area contributed by atoms with E-state index in [4.69, 9.17) is 0 Å². The van der Waals surface area contributed by atoms with Crippen LogP contribution in [0.4, 0.5) is 0 Å². The molecule has 0 aliphatic heterocycles. The van der Waals surface area contributed by atoms with Crippen molar-refractivity contribution in [3.8, 4) is 11.5 Å². The lowest BCUT2D eigenvalue weighted by atomic mass is 10.3. The maximum absolute atomic E-state index is 3.99. The van der Waals surface area contributed by atoms with Crippen molar-refractivity contribution < 1.29 is 0 Å². The molecular formula is C12H10N4. The number of rotatable bonds is 2. The van der Waals surface area contributed by atoms with Crippen molar-refractivity contribution in [3.63, 3.8) is 0 Å². The van der Waals surface area contributed by atoms with E-state index in [2.05, 4.69) is 27.0 Å². The Morgan fingerprint density at radius 3 is 2.50 bits per heavy atom. The van der Waals surface area contributed by atoms with Crippen LogP contribution < -0.4 is 0 Å². The fourth-order valence-electron chi connectivity index (χ4n) is 1.70. The number of para-hydroxylation sites is 1. The summed E-state index contributed by atoms with van der Waals surface area (Å²) in [4.78, 5) is 0. The summed E-state index contributed by atoms with van der Waals surface area (Å²) in [6.45, 7) is 0. The Kier molecular flexibility index (Phi) is 2.04. The highest BCUT2D eigenvalue weighted by molar-refractivity contribution is 5.39. The Labute approximate surface area is 92.8 Å². The summed E-state index contributed by atoms with van der Waals surface area (Å²) >= 11 is 0. The SMILES string of the molecule is c1ccc(-n2cccc2-n2ccnn2)cc1. The second-order valence-corrected chi connectivity index (χ2v) is 3.42. The summed E-state index contributed by atoms with van der Waals surface area (Å²) < 4.78 is 3.81. The summed E-state index contributed by atoms with van der Waals surface area (Å²) in [5.41, 5.74) is 1.11. The molecule has 16 heavy (non-hydrogen) atoms. The molecule has 0 fully saturated rings. The highest BCUT2D eigenvalue weighted by Crippen LogP contribution is 2.14. The Morgan fingerprint density at radius 2 is 1.75 bits per heavy atom. The van der Waals surface area contributed by atoms with E-state index in [0.29, 0.717) is 0 Å². The molecule has 3 rings (SSSR count). The van der Waals surface area contributed by atoms with Gasteiger partial charge in [-0.2, -0.15) is 0 Å². The average Bonchev–Trinajstić information content (AvgIpc) is 3.01. The molecule has 2 aromatic heterocycles. The van der Waals surface area contributed by atoms with Gasteiger partial charge in [-0.15, -0.1) is 5.10 Å². The van der Waals surface area contributed by atoms with Crippen molar-refractivity contribution in [2.45, 2.75) is 0 Å². The molecule has 0 atom stereocenters. The van der Waals surface area contributed by atoms with Gasteiger partial charge in [0.15, 0.2) is 0 Å². The van der Waals surface area contributed by atoms with Crippen LogP contribution in [0.5, 0.6) is 0 Å². The topological polar surface area (TPSA) is 35.6 Å². The Bertz CT molecular complexity index is 566. The second kappa shape index (κ2) is 3.66. The summed E-state index contributed by atoms with van der Waals surface area (Å²) in [6, 6.07) is 14.1. The van der Waals surface area contributed by atoms with E-state index in [9.17, 15) is 0 Å². The molecule has 0 saturated heterocycles. The van der Waals surface area contributed by atoms with E-state index in [1.165, 1.54) is 0 Å². The predicted molar refractivity (Wildman–Crippen MR) is 60.7 cm³/mol. The minimum Gasteiger partial charge on any atom is -0.302 e. The van der Waals surface area contributed by atoms with E-state index < -0.39 is 0 Å². The molecule has 0 spiro atoms. The van der Waals surface area contributed by atoms with Crippen LogP contribution in [0.2, 0.25) is 0 Å². The maximum Gasteiger partial charge on any atom is 0.140 e. The van der Waals surface area contributed by atoms with Gasteiger partial charge in [0.2, 0.25) is 0 Å². The molecule has 78 valence electrons. The number of nitrogens with zero attached hydrogens (tertiary/aromatic N) is 4. The lowest BCUT2D eigenvalue weighted by molar-refractivity contribution is 0.763. The van der Waals surface area contributed by atoms with Crippen LogP contribution >= 0.6 is 0 Å². The third kappa shape index (κ3) is 1.40. The predicted octanol–water partition coefficient (Wildman–Crippen LogP) is 2.06. The molecular weight excluding hydrogens is 200 g/mol. The maximum atomic E-state index is 3.99. The van der Waals surface area contributed by atoms with E-state index in [1.807, 2.05) is 42.7 Å².